The van der Waals surface area contributed by atoms with Crippen LogP contribution in [0.1, 0.15) is 21.6 Å². The molecule has 1 aromatic heterocycles. The number of carbonyl (C=O) groups is 1. The number of rotatable bonds is 3. The van der Waals surface area contributed by atoms with Gasteiger partial charge in [0.25, 0.3) is 0 Å². The SMILES string of the molecule is O=C(c1ccccc1)c1c(C(F)(F)F)nn(-c2ccccc2)c1[O-]. The summed E-state index contributed by atoms with van der Waals surface area (Å²) in [6, 6.07) is 15.0. The summed E-state index contributed by atoms with van der Waals surface area (Å²) in [7, 11) is 0. The molecule has 0 saturated heterocycles. The second-order valence-corrected chi connectivity index (χ2v) is 4.97. The second-order valence-electron chi connectivity index (χ2n) is 4.97. The van der Waals surface area contributed by atoms with E-state index >= 15 is 0 Å². The van der Waals surface area contributed by atoms with Crippen molar-refractivity contribution in [1.82, 2.24) is 9.78 Å². The maximum absolute atomic E-state index is 13.3. The van der Waals surface area contributed by atoms with Crippen LogP contribution in [0.2, 0.25) is 0 Å². The standard InChI is InChI=1S/C17H11F3N2O2/c18-17(19,20)15-13(14(23)11-7-3-1-4-8-11)16(24)22(21-15)12-9-5-2-6-10-12/h1-10,24H/p-1. The highest BCUT2D eigenvalue weighted by atomic mass is 19.4. The van der Waals surface area contributed by atoms with Gasteiger partial charge in [0.2, 0.25) is 0 Å². The number of para-hydroxylation sites is 1. The van der Waals surface area contributed by atoms with Gasteiger partial charge in [-0.25, -0.2) is 4.68 Å². The molecule has 0 aliphatic rings. The Morgan fingerprint density at radius 1 is 0.958 bits per heavy atom. The van der Waals surface area contributed by atoms with E-state index in [9.17, 15) is 23.1 Å². The van der Waals surface area contributed by atoms with Crippen molar-refractivity contribution >= 4 is 5.78 Å². The summed E-state index contributed by atoms with van der Waals surface area (Å²) in [5.74, 6) is -2.10. The third kappa shape index (κ3) is 2.76. The quantitative estimate of drug-likeness (QED) is 0.693. The molecule has 0 spiro atoms. The molecular weight excluding hydrogens is 321 g/mol. The number of halogens is 3. The number of alkyl halides is 3. The molecule has 0 fully saturated rings. The van der Waals surface area contributed by atoms with Gasteiger partial charge in [0.05, 0.1) is 11.3 Å². The van der Waals surface area contributed by atoms with Gasteiger partial charge in [-0.3, -0.25) is 4.79 Å². The fraction of sp³-hybridized carbons (Fsp3) is 0.0588. The Bertz CT molecular complexity index is 872. The molecule has 0 saturated carbocycles. The third-order valence-electron chi connectivity index (χ3n) is 3.38. The van der Waals surface area contributed by atoms with Crippen LogP contribution in [0.5, 0.6) is 5.88 Å². The van der Waals surface area contributed by atoms with Gasteiger partial charge in [-0.1, -0.05) is 48.5 Å². The molecule has 0 unspecified atom stereocenters. The van der Waals surface area contributed by atoms with E-state index in [0.29, 0.717) is 4.68 Å². The second kappa shape index (κ2) is 5.84. The van der Waals surface area contributed by atoms with E-state index in [-0.39, 0.29) is 11.3 Å². The van der Waals surface area contributed by atoms with E-state index in [4.69, 9.17) is 0 Å². The van der Waals surface area contributed by atoms with E-state index in [1.54, 1.807) is 24.3 Å². The Morgan fingerprint density at radius 2 is 1.50 bits per heavy atom. The minimum atomic E-state index is -4.92. The number of hydrogen-bond donors (Lipinski definition) is 0. The van der Waals surface area contributed by atoms with Crippen LogP contribution in [0.25, 0.3) is 5.69 Å². The van der Waals surface area contributed by atoms with Gasteiger partial charge in [-0.15, -0.1) is 0 Å². The molecule has 0 aliphatic heterocycles. The van der Waals surface area contributed by atoms with Crippen LogP contribution in [0.3, 0.4) is 0 Å². The van der Waals surface area contributed by atoms with Gasteiger partial charge >= 0.3 is 6.18 Å². The molecule has 2 aromatic carbocycles. The lowest BCUT2D eigenvalue weighted by Crippen LogP contribution is -2.14. The summed E-state index contributed by atoms with van der Waals surface area (Å²) in [6.45, 7) is 0. The lowest BCUT2D eigenvalue weighted by atomic mass is 10.0. The molecule has 3 aromatic rings. The van der Waals surface area contributed by atoms with Crippen molar-refractivity contribution in [2.45, 2.75) is 6.18 Å². The summed E-state index contributed by atoms with van der Waals surface area (Å²) >= 11 is 0. The number of nitrogens with zero attached hydrogens (tertiary/aromatic N) is 2. The molecule has 0 aliphatic carbocycles. The fourth-order valence-corrected chi connectivity index (χ4v) is 2.28. The van der Waals surface area contributed by atoms with Crippen LogP contribution < -0.4 is 5.11 Å². The molecule has 24 heavy (non-hydrogen) atoms. The monoisotopic (exact) mass is 331 g/mol. The Labute approximate surface area is 134 Å². The van der Waals surface area contributed by atoms with E-state index in [2.05, 4.69) is 5.10 Å². The van der Waals surface area contributed by atoms with Crippen molar-refractivity contribution in [3.63, 3.8) is 0 Å². The van der Waals surface area contributed by atoms with Crippen molar-refractivity contribution in [1.29, 1.82) is 0 Å². The van der Waals surface area contributed by atoms with Gasteiger partial charge in [0.15, 0.2) is 11.5 Å². The highest BCUT2D eigenvalue weighted by Crippen LogP contribution is 2.36. The van der Waals surface area contributed by atoms with Crippen LogP contribution >= 0.6 is 0 Å². The van der Waals surface area contributed by atoms with Crippen molar-refractivity contribution in [3.05, 3.63) is 77.5 Å². The lowest BCUT2D eigenvalue weighted by molar-refractivity contribution is -0.278. The summed E-state index contributed by atoms with van der Waals surface area (Å²) in [5.41, 5.74) is -2.31. The minimum absolute atomic E-state index is 0.00675. The maximum Gasteiger partial charge on any atom is 0.435 e. The average Bonchev–Trinajstić information content (AvgIpc) is 2.93. The van der Waals surface area contributed by atoms with Crippen LogP contribution in [0.4, 0.5) is 13.2 Å². The number of aromatic nitrogens is 2. The first-order valence-electron chi connectivity index (χ1n) is 6.92. The molecule has 0 amide bonds. The van der Waals surface area contributed by atoms with Gasteiger partial charge in [0.1, 0.15) is 0 Å². The summed E-state index contributed by atoms with van der Waals surface area (Å²) < 4.78 is 40.4. The highest BCUT2D eigenvalue weighted by molar-refractivity contribution is 6.11. The van der Waals surface area contributed by atoms with Crippen molar-refractivity contribution in [3.8, 4) is 11.6 Å². The van der Waals surface area contributed by atoms with Crippen molar-refractivity contribution in [2.75, 3.05) is 0 Å². The fourth-order valence-electron chi connectivity index (χ4n) is 2.28. The van der Waals surface area contributed by atoms with Gasteiger partial charge < -0.3 is 5.11 Å². The summed E-state index contributed by atoms with van der Waals surface area (Å²) in [4.78, 5) is 12.4. The number of carbonyl (C=O) groups excluding carboxylic acids is 1. The van der Waals surface area contributed by atoms with Gasteiger partial charge in [-0.2, -0.15) is 18.3 Å². The largest absolute Gasteiger partial charge is 0.858 e. The molecule has 0 N–H and O–H groups in total. The zero-order valence-corrected chi connectivity index (χ0v) is 12.1. The lowest BCUT2D eigenvalue weighted by Gasteiger charge is -2.12. The zero-order valence-electron chi connectivity index (χ0n) is 12.1. The van der Waals surface area contributed by atoms with Crippen LogP contribution in [0, 0.1) is 0 Å². The number of ketones is 1. The Morgan fingerprint density at radius 3 is 2.04 bits per heavy atom. The van der Waals surface area contributed by atoms with E-state index in [1.807, 2.05) is 0 Å². The van der Waals surface area contributed by atoms with E-state index in [0.717, 1.165) is 0 Å². The molecule has 4 nitrogen and oxygen atoms in total. The predicted octanol–water partition coefficient (Wildman–Crippen LogP) is 3.20. The normalized spacial score (nSPS) is 11.5. The third-order valence-corrected chi connectivity index (χ3v) is 3.38. The first kappa shape index (κ1) is 15.8. The zero-order chi connectivity index (χ0) is 17.3. The van der Waals surface area contributed by atoms with Crippen LogP contribution in [0.15, 0.2) is 60.7 Å². The predicted molar refractivity (Wildman–Crippen MR) is 77.9 cm³/mol. The van der Waals surface area contributed by atoms with Gasteiger partial charge in [-0.05, 0) is 12.1 Å². The van der Waals surface area contributed by atoms with E-state index in [1.165, 1.54) is 36.4 Å². The Kier molecular flexibility index (Phi) is 3.84. The molecule has 122 valence electrons. The average molecular weight is 331 g/mol. The molecular formula is C17H10F3N2O2-. The minimum Gasteiger partial charge on any atom is -0.858 e. The smallest absolute Gasteiger partial charge is 0.435 e. The first-order valence-corrected chi connectivity index (χ1v) is 6.92. The number of hydrogen-bond acceptors (Lipinski definition) is 3. The first-order chi connectivity index (χ1) is 11.4. The summed E-state index contributed by atoms with van der Waals surface area (Å²) in [5, 5.41) is 15.8. The maximum atomic E-state index is 13.3. The molecule has 3 rings (SSSR count). The molecule has 0 atom stereocenters. The Balaban J connectivity index is 2.21. The molecule has 7 heteroatoms. The van der Waals surface area contributed by atoms with Gasteiger partial charge in [0, 0.05) is 11.4 Å². The van der Waals surface area contributed by atoms with Crippen LogP contribution in [-0.2, 0) is 6.18 Å². The van der Waals surface area contributed by atoms with Crippen molar-refractivity contribution in [2.24, 2.45) is 0 Å². The van der Waals surface area contributed by atoms with E-state index < -0.39 is 29.1 Å². The van der Waals surface area contributed by atoms with Crippen molar-refractivity contribution < 1.29 is 23.1 Å². The number of benzene rings is 2. The molecule has 0 bridgehead atoms. The summed E-state index contributed by atoms with van der Waals surface area (Å²) in [6.07, 6.45) is -4.92. The van der Waals surface area contributed by atoms with Crippen LogP contribution in [-0.4, -0.2) is 15.6 Å². The topological polar surface area (TPSA) is 58.0 Å². The molecule has 0 radical (unpaired) electrons. The highest BCUT2D eigenvalue weighted by Gasteiger charge is 2.40. The Hall–Kier alpha value is -3.09. The molecule has 1 heterocycles.